The molecular weight excluding hydrogens is 310 g/mol. The van der Waals surface area contributed by atoms with Crippen LogP contribution in [0.2, 0.25) is 0 Å². The summed E-state index contributed by atoms with van der Waals surface area (Å²) in [5.74, 6) is 1.41. The summed E-state index contributed by atoms with van der Waals surface area (Å²) in [6.45, 7) is 1.10. The van der Waals surface area contributed by atoms with Gasteiger partial charge in [0.25, 0.3) is 0 Å². The molecule has 0 atom stereocenters. The molecule has 0 aliphatic heterocycles. The lowest BCUT2D eigenvalue weighted by molar-refractivity contribution is 0.181. The summed E-state index contributed by atoms with van der Waals surface area (Å²) in [6.07, 6.45) is 0.685. The Balaban J connectivity index is 2.19. The van der Waals surface area contributed by atoms with Crippen molar-refractivity contribution in [1.29, 1.82) is 0 Å². The van der Waals surface area contributed by atoms with E-state index in [2.05, 4.69) is 26.1 Å². The fourth-order valence-corrected chi connectivity index (χ4v) is 2.11. The number of aliphatic hydroxyl groups excluding tert-OH is 1. The second-order valence-electron chi connectivity index (χ2n) is 4.14. The number of halogens is 1. The number of rotatable bonds is 6. The molecule has 0 amide bonds. The third-order valence-electron chi connectivity index (χ3n) is 2.84. The highest BCUT2D eigenvalue weighted by Gasteiger charge is 2.11. The van der Waals surface area contributed by atoms with Crippen LogP contribution in [0.1, 0.15) is 17.2 Å². The van der Waals surface area contributed by atoms with Gasteiger partial charge in [0, 0.05) is 24.5 Å². The molecule has 6 heteroatoms. The van der Waals surface area contributed by atoms with Gasteiger partial charge in [-0.3, -0.25) is 0 Å². The predicted molar refractivity (Wildman–Crippen MR) is 74.8 cm³/mol. The van der Waals surface area contributed by atoms with Crippen molar-refractivity contribution in [2.75, 3.05) is 13.7 Å². The lowest BCUT2D eigenvalue weighted by atomic mass is 10.1. The summed E-state index contributed by atoms with van der Waals surface area (Å²) in [7, 11) is 1.65. The van der Waals surface area contributed by atoms with Crippen molar-refractivity contribution >= 4 is 15.9 Å². The lowest BCUT2D eigenvalue weighted by Gasteiger charge is -2.08. The van der Waals surface area contributed by atoms with Gasteiger partial charge < -0.3 is 14.4 Å². The molecule has 102 valence electrons. The number of methoxy groups -OCH3 is 1. The number of hydrogen-bond acceptors (Lipinski definition) is 4. The zero-order chi connectivity index (χ0) is 13.7. The smallest absolute Gasteiger partial charge is 0.158 e. The molecule has 0 spiro atoms. The first-order chi connectivity index (χ1) is 9.24. The highest BCUT2D eigenvalue weighted by Crippen LogP contribution is 2.14. The third-order valence-corrected chi connectivity index (χ3v) is 3.37. The summed E-state index contributed by atoms with van der Waals surface area (Å²) in [4.78, 5) is 0. The van der Waals surface area contributed by atoms with Crippen molar-refractivity contribution in [2.45, 2.75) is 19.6 Å². The average Bonchev–Trinajstić information content (AvgIpc) is 2.81. The maximum Gasteiger partial charge on any atom is 0.158 e. The van der Waals surface area contributed by atoms with Crippen molar-refractivity contribution in [1.82, 2.24) is 14.8 Å². The second kappa shape index (κ2) is 6.79. The molecule has 0 aliphatic carbocycles. The van der Waals surface area contributed by atoms with E-state index in [9.17, 15) is 5.11 Å². The van der Waals surface area contributed by atoms with Gasteiger partial charge in [0.2, 0.25) is 0 Å². The van der Waals surface area contributed by atoms with Crippen LogP contribution in [0.15, 0.2) is 28.7 Å². The van der Waals surface area contributed by atoms with Crippen LogP contribution in [-0.2, 0) is 24.3 Å². The largest absolute Gasteiger partial charge is 0.388 e. The van der Waals surface area contributed by atoms with Gasteiger partial charge in [-0.05, 0) is 17.7 Å². The normalized spacial score (nSPS) is 10.9. The van der Waals surface area contributed by atoms with Crippen molar-refractivity contribution in [3.63, 3.8) is 0 Å². The Labute approximate surface area is 120 Å². The Morgan fingerprint density at radius 3 is 2.53 bits per heavy atom. The van der Waals surface area contributed by atoms with Crippen LogP contribution < -0.4 is 0 Å². The topological polar surface area (TPSA) is 60.2 Å². The summed E-state index contributed by atoms with van der Waals surface area (Å²) in [5.41, 5.74) is 1.15. The molecule has 2 aromatic rings. The SMILES string of the molecule is COCCn1c(CO)nnc1Cc1ccc(Br)cc1. The van der Waals surface area contributed by atoms with E-state index in [-0.39, 0.29) is 6.61 Å². The minimum absolute atomic E-state index is 0.114. The Hall–Kier alpha value is -1.24. The molecule has 19 heavy (non-hydrogen) atoms. The molecular formula is C13H16BrN3O2. The predicted octanol–water partition coefficient (Wildman–Crippen LogP) is 1.77. The lowest BCUT2D eigenvalue weighted by Crippen LogP contribution is -2.12. The molecule has 2 rings (SSSR count). The van der Waals surface area contributed by atoms with Crippen LogP contribution >= 0.6 is 15.9 Å². The summed E-state index contributed by atoms with van der Waals surface area (Å²) < 4.78 is 8.03. The molecule has 0 aliphatic rings. The van der Waals surface area contributed by atoms with E-state index in [4.69, 9.17) is 4.74 Å². The summed E-state index contributed by atoms with van der Waals surface area (Å²) in [6, 6.07) is 8.08. The molecule has 1 N–H and O–H groups in total. The quantitative estimate of drug-likeness (QED) is 0.879. The summed E-state index contributed by atoms with van der Waals surface area (Å²) >= 11 is 3.41. The molecule has 0 fully saturated rings. The minimum Gasteiger partial charge on any atom is -0.388 e. The Morgan fingerprint density at radius 1 is 1.21 bits per heavy atom. The molecule has 0 saturated carbocycles. The number of aromatic nitrogens is 3. The van der Waals surface area contributed by atoms with Gasteiger partial charge in [-0.15, -0.1) is 10.2 Å². The van der Waals surface area contributed by atoms with Crippen LogP contribution in [-0.4, -0.2) is 33.6 Å². The van der Waals surface area contributed by atoms with Crippen molar-refractivity contribution in [2.24, 2.45) is 0 Å². The Kier molecular flexibility index (Phi) is 5.07. The Morgan fingerprint density at radius 2 is 1.89 bits per heavy atom. The summed E-state index contributed by atoms with van der Waals surface area (Å²) in [5, 5.41) is 17.4. The van der Waals surface area contributed by atoms with Crippen LogP contribution in [0.25, 0.3) is 0 Å². The van der Waals surface area contributed by atoms with Crippen LogP contribution in [0.5, 0.6) is 0 Å². The minimum atomic E-state index is -0.114. The number of ether oxygens (including phenoxy) is 1. The van der Waals surface area contributed by atoms with E-state index in [0.717, 1.165) is 15.9 Å². The van der Waals surface area contributed by atoms with Gasteiger partial charge in [-0.2, -0.15) is 0 Å². The zero-order valence-corrected chi connectivity index (χ0v) is 12.3. The second-order valence-corrected chi connectivity index (χ2v) is 5.05. The fraction of sp³-hybridized carbons (Fsp3) is 0.385. The number of hydrogen-bond donors (Lipinski definition) is 1. The molecule has 0 saturated heterocycles. The standard InChI is InChI=1S/C13H16BrN3O2/c1-19-7-6-17-12(15-16-13(17)9-18)8-10-2-4-11(14)5-3-10/h2-5,18H,6-9H2,1H3. The molecule has 0 unspecified atom stereocenters. The highest BCUT2D eigenvalue weighted by atomic mass is 79.9. The molecule has 5 nitrogen and oxygen atoms in total. The fourth-order valence-electron chi connectivity index (χ4n) is 1.85. The first kappa shape index (κ1) is 14.2. The van der Waals surface area contributed by atoms with Gasteiger partial charge >= 0.3 is 0 Å². The maximum absolute atomic E-state index is 9.26. The number of benzene rings is 1. The molecule has 1 aromatic carbocycles. The van der Waals surface area contributed by atoms with Crippen LogP contribution in [0.3, 0.4) is 0 Å². The number of nitrogens with zero attached hydrogens (tertiary/aromatic N) is 3. The van der Waals surface area contributed by atoms with Gasteiger partial charge in [-0.1, -0.05) is 28.1 Å². The van der Waals surface area contributed by atoms with E-state index < -0.39 is 0 Å². The van der Waals surface area contributed by atoms with Crippen molar-refractivity contribution < 1.29 is 9.84 Å². The van der Waals surface area contributed by atoms with E-state index in [1.807, 2.05) is 28.8 Å². The van der Waals surface area contributed by atoms with Gasteiger partial charge in [0.05, 0.1) is 6.61 Å². The maximum atomic E-state index is 9.26. The van der Waals surface area contributed by atoms with E-state index in [1.54, 1.807) is 7.11 Å². The van der Waals surface area contributed by atoms with Gasteiger partial charge in [0.15, 0.2) is 5.82 Å². The highest BCUT2D eigenvalue weighted by molar-refractivity contribution is 9.10. The van der Waals surface area contributed by atoms with Crippen LogP contribution in [0.4, 0.5) is 0 Å². The number of aliphatic hydroxyl groups is 1. The van der Waals surface area contributed by atoms with E-state index in [0.29, 0.717) is 25.4 Å². The zero-order valence-electron chi connectivity index (χ0n) is 10.7. The van der Waals surface area contributed by atoms with Gasteiger partial charge in [0.1, 0.15) is 12.4 Å². The molecule has 1 heterocycles. The van der Waals surface area contributed by atoms with Crippen molar-refractivity contribution in [3.05, 3.63) is 46.0 Å². The molecule has 0 bridgehead atoms. The van der Waals surface area contributed by atoms with E-state index >= 15 is 0 Å². The first-order valence-corrected chi connectivity index (χ1v) is 6.79. The van der Waals surface area contributed by atoms with Gasteiger partial charge in [-0.25, -0.2) is 0 Å². The molecule has 1 aromatic heterocycles. The molecule has 0 radical (unpaired) electrons. The monoisotopic (exact) mass is 325 g/mol. The average molecular weight is 326 g/mol. The Bertz CT molecular complexity index is 525. The van der Waals surface area contributed by atoms with Crippen molar-refractivity contribution in [3.8, 4) is 0 Å². The third kappa shape index (κ3) is 3.62. The van der Waals surface area contributed by atoms with E-state index in [1.165, 1.54) is 0 Å². The first-order valence-electron chi connectivity index (χ1n) is 5.99. The van der Waals surface area contributed by atoms with Crippen LogP contribution in [0, 0.1) is 0 Å².